The molecule has 0 bridgehead atoms. The standard InChI is InChI=1S/C12H14O5/c1-3-4-9(14)11-8(12(16)17-2)5-7(13)6-10(11)15/h5-6,13,15H,3-4H2,1-2H3. The van der Waals surface area contributed by atoms with E-state index in [0.29, 0.717) is 6.42 Å². The molecule has 1 aromatic carbocycles. The van der Waals surface area contributed by atoms with Gasteiger partial charge in [-0.1, -0.05) is 6.92 Å². The van der Waals surface area contributed by atoms with Crippen molar-refractivity contribution in [3.8, 4) is 11.5 Å². The largest absolute Gasteiger partial charge is 0.508 e. The van der Waals surface area contributed by atoms with Gasteiger partial charge in [-0.2, -0.15) is 0 Å². The van der Waals surface area contributed by atoms with E-state index >= 15 is 0 Å². The summed E-state index contributed by atoms with van der Waals surface area (Å²) in [6.07, 6.45) is 0.808. The van der Waals surface area contributed by atoms with E-state index < -0.39 is 11.7 Å². The summed E-state index contributed by atoms with van der Waals surface area (Å²) >= 11 is 0. The van der Waals surface area contributed by atoms with Gasteiger partial charge in [0.15, 0.2) is 5.78 Å². The van der Waals surface area contributed by atoms with Crippen molar-refractivity contribution in [2.24, 2.45) is 0 Å². The second-order valence-corrected chi connectivity index (χ2v) is 3.55. The first-order valence-corrected chi connectivity index (χ1v) is 5.18. The van der Waals surface area contributed by atoms with Gasteiger partial charge in [-0.3, -0.25) is 4.79 Å². The van der Waals surface area contributed by atoms with E-state index in [2.05, 4.69) is 4.74 Å². The first-order valence-electron chi connectivity index (χ1n) is 5.18. The zero-order chi connectivity index (χ0) is 13.0. The molecule has 0 spiro atoms. The Morgan fingerprint density at radius 2 is 1.94 bits per heavy atom. The number of aromatic hydroxyl groups is 2. The lowest BCUT2D eigenvalue weighted by Crippen LogP contribution is -2.10. The molecule has 0 saturated heterocycles. The van der Waals surface area contributed by atoms with Gasteiger partial charge in [0, 0.05) is 12.5 Å². The van der Waals surface area contributed by atoms with Gasteiger partial charge in [0.2, 0.25) is 0 Å². The van der Waals surface area contributed by atoms with Gasteiger partial charge in [-0.25, -0.2) is 4.79 Å². The SMILES string of the molecule is CCCC(=O)c1c(O)cc(O)cc1C(=O)OC. The molecule has 2 N–H and O–H groups in total. The summed E-state index contributed by atoms with van der Waals surface area (Å²) in [5, 5.41) is 18.9. The number of Topliss-reactive ketones (excluding diaryl/α,β-unsaturated/α-hetero) is 1. The smallest absolute Gasteiger partial charge is 0.338 e. The van der Waals surface area contributed by atoms with Crippen LogP contribution >= 0.6 is 0 Å². The van der Waals surface area contributed by atoms with Crippen molar-refractivity contribution in [2.75, 3.05) is 7.11 Å². The quantitative estimate of drug-likeness (QED) is 0.618. The topological polar surface area (TPSA) is 83.8 Å². The molecular formula is C12H14O5. The number of carbonyl (C=O) groups is 2. The molecule has 92 valence electrons. The first kappa shape index (κ1) is 13.0. The molecule has 0 aliphatic rings. The molecule has 17 heavy (non-hydrogen) atoms. The van der Waals surface area contributed by atoms with Crippen molar-refractivity contribution >= 4 is 11.8 Å². The summed E-state index contributed by atoms with van der Waals surface area (Å²) in [5.74, 6) is -1.83. The number of ketones is 1. The van der Waals surface area contributed by atoms with Crippen LogP contribution < -0.4 is 0 Å². The molecule has 0 atom stereocenters. The number of hydrogen-bond donors (Lipinski definition) is 2. The van der Waals surface area contributed by atoms with Crippen LogP contribution in [0.15, 0.2) is 12.1 Å². The summed E-state index contributed by atoms with van der Waals surface area (Å²) in [7, 11) is 1.16. The van der Waals surface area contributed by atoms with Crippen LogP contribution in [0.2, 0.25) is 0 Å². The maximum Gasteiger partial charge on any atom is 0.338 e. The van der Waals surface area contributed by atoms with Crippen LogP contribution in [0.1, 0.15) is 40.5 Å². The highest BCUT2D eigenvalue weighted by atomic mass is 16.5. The van der Waals surface area contributed by atoms with Gasteiger partial charge in [0.05, 0.1) is 18.2 Å². The van der Waals surface area contributed by atoms with Gasteiger partial charge in [0.25, 0.3) is 0 Å². The molecule has 0 heterocycles. The third kappa shape index (κ3) is 2.75. The molecule has 0 amide bonds. The average molecular weight is 238 g/mol. The fourth-order valence-corrected chi connectivity index (χ4v) is 1.53. The van der Waals surface area contributed by atoms with Crippen LogP contribution in [-0.2, 0) is 4.74 Å². The average Bonchev–Trinajstić information content (AvgIpc) is 2.27. The lowest BCUT2D eigenvalue weighted by molar-refractivity contribution is 0.0595. The van der Waals surface area contributed by atoms with Crippen LogP contribution in [0, 0.1) is 0 Å². The molecule has 0 aromatic heterocycles. The normalized spacial score (nSPS) is 10.0. The summed E-state index contributed by atoms with van der Waals surface area (Å²) in [4.78, 5) is 23.2. The summed E-state index contributed by atoms with van der Waals surface area (Å²) in [6.45, 7) is 1.81. The molecule has 1 rings (SSSR count). The van der Waals surface area contributed by atoms with Crippen LogP contribution in [0.4, 0.5) is 0 Å². The molecule has 5 nitrogen and oxygen atoms in total. The molecule has 0 aliphatic heterocycles. The minimum absolute atomic E-state index is 0.100. The Morgan fingerprint density at radius 1 is 1.29 bits per heavy atom. The Kier molecular flexibility index (Phi) is 4.09. The van der Waals surface area contributed by atoms with E-state index in [1.54, 1.807) is 0 Å². The maximum absolute atomic E-state index is 11.8. The summed E-state index contributed by atoms with van der Waals surface area (Å²) in [5.41, 5.74) is -0.222. The fourth-order valence-electron chi connectivity index (χ4n) is 1.53. The zero-order valence-corrected chi connectivity index (χ0v) is 9.69. The van der Waals surface area contributed by atoms with Crippen molar-refractivity contribution in [3.05, 3.63) is 23.3 Å². The van der Waals surface area contributed by atoms with Crippen molar-refractivity contribution in [2.45, 2.75) is 19.8 Å². The van der Waals surface area contributed by atoms with E-state index in [9.17, 15) is 19.8 Å². The zero-order valence-electron chi connectivity index (χ0n) is 9.69. The van der Waals surface area contributed by atoms with E-state index in [1.165, 1.54) is 0 Å². The minimum atomic E-state index is -0.768. The third-order valence-electron chi connectivity index (χ3n) is 2.26. The van der Waals surface area contributed by atoms with E-state index in [1.807, 2.05) is 6.92 Å². The number of esters is 1. The van der Waals surface area contributed by atoms with Gasteiger partial charge in [0.1, 0.15) is 11.5 Å². The van der Waals surface area contributed by atoms with Crippen LogP contribution in [0.25, 0.3) is 0 Å². The highest BCUT2D eigenvalue weighted by Crippen LogP contribution is 2.29. The Hall–Kier alpha value is -2.04. The highest BCUT2D eigenvalue weighted by Gasteiger charge is 2.22. The third-order valence-corrected chi connectivity index (χ3v) is 2.26. The molecule has 0 saturated carbocycles. The number of phenolic OH excluding ortho intramolecular Hbond substituents is 2. The molecule has 0 radical (unpaired) electrons. The number of phenols is 2. The number of rotatable bonds is 4. The van der Waals surface area contributed by atoms with Gasteiger partial charge < -0.3 is 14.9 Å². The Bertz CT molecular complexity index is 450. The van der Waals surface area contributed by atoms with Crippen molar-refractivity contribution in [1.82, 2.24) is 0 Å². The van der Waals surface area contributed by atoms with Crippen LogP contribution in [-0.4, -0.2) is 29.1 Å². The number of ether oxygens (including phenoxy) is 1. The number of benzene rings is 1. The second kappa shape index (κ2) is 5.34. The van der Waals surface area contributed by atoms with Crippen molar-refractivity contribution in [1.29, 1.82) is 0 Å². The highest BCUT2D eigenvalue weighted by molar-refractivity contribution is 6.08. The van der Waals surface area contributed by atoms with E-state index in [4.69, 9.17) is 0 Å². The Morgan fingerprint density at radius 3 is 2.47 bits per heavy atom. The van der Waals surface area contributed by atoms with Crippen molar-refractivity contribution in [3.63, 3.8) is 0 Å². The molecule has 1 aromatic rings. The van der Waals surface area contributed by atoms with Crippen LogP contribution in [0.5, 0.6) is 11.5 Å². The maximum atomic E-state index is 11.8. The predicted octanol–water partition coefficient (Wildman–Crippen LogP) is 1.87. The number of carbonyl (C=O) groups excluding carboxylic acids is 2. The predicted molar refractivity (Wildman–Crippen MR) is 60.3 cm³/mol. The number of hydrogen-bond acceptors (Lipinski definition) is 5. The molecule has 0 fully saturated rings. The summed E-state index contributed by atoms with van der Waals surface area (Å²) in [6, 6.07) is 2.13. The fraction of sp³-hybridized carbons (Fsp3) is 0.333. The summed E-state index contributed by atoms with van der Waals surface area (Å²) < 4.78 is 4.50. The van der Waals surface area contributed by atoms with E-state index in [-0.39, 0.29) is 29.1 Å². The second-order valence-electron chi connectivity index (χ2n) is 3.55. The minimum Gasteiger partial charge on any atom is -0.508 e. The monoisotopic (exact) mass is 238 g/mol. The Labute approximate surface area is 98.6 Å². The lowest BCUT2D eigenvalue weighted by atomic mass is 9.99. The van der Waals surface area contributed by atoms with E-state index in [0.717, 1.165) is 19.2 Å². The van der Waals surface area contributed by atoms with Crippen molar-refractivity contribution < 1.29 is 24.5 Å². The first-order chi connectivity index (χ1) is 8.01. The number of methoxy groups -OCH3 is 1. The molecule has 0 aliphatic carbocycles. The molecular weight excluding hydrogens is 224 g/mol. The van der Waals surface area contributed by atoms with Crippen LogP contribution in [0.3, 0.4) is 0 Å². The van der Waals surface area contributed by atoms with Gasteiger partial charge >= 0.3 is 5.97 Å². The van der Waals surface area contributed by atoms with Gasteiger partial charge in [-0.05, 0) is 12.5 Å². The molecule has 5 heteroatoms. The lowest BCUT2D eigenvalue weighted by Gasteiger charge is -2.09. The Balaban J connectivity index is 3.35. The molecule has 0 unspecified atom stereocenters. The van der Waals surface area contributed by atoms with Gasteiger partial charge in [-0.15, -0.1) is 0 Å².